The van der Waals surface area contributed by atoms with Crippen LogP contribution in [-0.2, 0) is 24.4 Å². The van der Waals surface area contributed by atoms with Crippen LogP contribution in [0.4, 0.5) is 0 Å². The number of hydrogen-bond donors (Lipinski definition) is 1. The lowest BCUT2D eigenvalue weighted by molar-refractivity contribution is -0.159. The Morgan fingerprint density at radius 3 is 1.77 bits per heavy atom. The maximum absolute atomic E-state index is 11.3. The highest BCUT2D eigenvalue weighted by atomic mass is 32.2. The Bertz CT molecular complexity index is 416. The highest BCUT2D eigenvalue weighted by molar-refractivity contribution is 7.85. The maximum Gasteiger partial charge on any atom is 0.314 e. The Hall–Kier alpha value is -0.950. The summed E-state index contributed by atoms with van der Waals surface area (Å²) in [6.07, 6.45) is 9.76. The predicted octanol–water partition coefficient (Wildman–Crippen LogP) is 3.26. The fourth-order valence-electron chi connectivity index (χ4n) is 2.02. The third kappa shape index (κ3) is 15.4. The monoisotopic (exact) mass is 336 g/mol. The first-order chi connectivity index (χ1) is 10.3. The summed E-state index contributed by atoms with van der Waals surface area (Å²) >= 11 is 0. The first-order valence-electron chi connectivity index (χ1n) is 8.04. The van der Waals surface area contributed by atoms with Crippen molar-refractivity contribution in [1.29, 1.82) is 0 Å². The van der Waals surface area contributed by atoms with Gasteiger partial charge in [-0.1, -0.05) is 58.3 Å². The molecule has 0 aliphatic rings. The molecule has 22 heavy (non-hydrogen) atoms. The summed E-state index contributed by atoms with van der Waals surface area (Å²) in [7, 11) is -4.20. The zero-order valence-corrected chi connectivity index (χ0v) is 14.2. The molecule has 1 N–H and O–H groups in total. The molecule has 0 aromatic carbocycles. The molecule has 6 nitrogen and oxygen atoms in total. The molecule has 0 amide bonds. The minimum atomic E-state index is -4.20. The van der Waals surface area contributed by atoms with Crippen LogP contribution in [0.15, 0.2) is 0 Å². The second kappa shape index (κ2) is 12.6. The molecule has 130 valence electrons. The third-order valence-corrected chi connectivity index (χ3v) is 4.00. The van der Waals surface area contributed by atoms with Crippen molar-refractivity contribution in [2.45, 2.75) is 77.6 Å². The number of unbranched alkanes of at least 4 members (excludes halogenated alkanes) is 8. The van der Waals surface area contributed by atoms with Gasteiger partial charge in [0.25, 0.3) is 10.1 Å². The van der Waals surface area contributed by atoms with E-state index in [1.165, 1.54) is 32.1 Å². The highest BCUT2D eigenvalue weighted by Gasteiger charge is 2.14. The zero-order chi connectivity index (χ0) is 16.8. The lowest BCUT2D eigenvalue weighted by Gasteiger charge is -2.03. The molecule has 7 heteroatoms. The number of carbonyl (C=O) groups is 2. The van der Waals surface area contributed by atoms with E-state index in [0.29, 0.717) is 6.42 Å². The van der Waals surface area contributed by atoms with Crippen molar-refractivity contribution in [2.75, 3.05) is 5.75 Å². The van der Waals surface area contributed by atoms with Gasteiger partial charge in [0.1, 0.15) is 0 Å². The van der Waals surface area contributed by atoms with Crippen molar-refractivity contribution in [2.24, 2.45) is 0 Å². The molecule has 0 fully saturated rings. The topological polar surface area (TPSA) is 97.7 Å². The molecule has 0 saturated carbocycles. The summed E-state index contributed by atoms with van der Waals surface area (Å²) in [5, 5.41) is 0. The van der Waals surface area contributed by atoms with Crippen molar-refractivity contribution < 1.29 is 27.3 Å². The van der Waals surface area contributed by atoms with Crippen LogP contribution in [0.3, 0.4) is 0 Å². The summed E-state index contributed by atoms with van der Waals surface area (Å²) in [5.74, 6) is -2.28. The fraction of sp³-hybridized carbons (Fsp3) is 0.867. The molecule has 0 aromatic heterocycles. The maximum atomic E-state index is 11.3. The van der Waals surface area contributed by atoms with Gasteiger partial charge in [-0.15, -0.1) is 0 Å². The number of carbonyl (C=O) groups excluding carboxylic acids is 2. The number of ether oxygens (including phenoxy) is 1. The van der Waals surface area contributed by atoms with Crippen LogP contribution in [0.5, 0.6) is 0 Å². The lowest BCUT2D eigenvalue weighted by Crippen LogP contribution is -2.16. The average Bonchev–Trinajstić information content (AvgIpc) is 2.42. The summed E-state index contributed by atoms with van der Waals surface area (Å²) in [4.78, 5) is 22.5. The van der Waals surface area contributed by atoms with Gasteiger partial charge in [-0.3, -0.25) is 14.1 Å². The number of esters is 2. The number of rotatable bonds is 13. The van der Waals surface area contributed by atoms with Crippen LogP contribution in [0.1, 0.15) is 77.6 Å². The Morgan fingerprint density at radius 2 is 1.27 bits per heavy atom. The van der Waals surface area contributed by atoms with E-state index in [4.69, 9.17) is 4.55 Å². The Morgan fingerprint density at radius 1 is 0.818 bits per heavy atom. The third-order valence-electron chi connectivity index (χ3n) is 3.28. The summed E-state index contributed by atoms with van der Waals surface area (Å²) < 4.78 is 33.8. The van der Waals surface area contributed by atoms with E-state index in [1.807, 2.05) is 0 Å². The lowest BCUT2D eigenvalue weighted by atomic mass is 10.1. The second-order valence-corrected chi connectivity index (χ2v) is 7.03. The predicted molar refractivity (Wildman–Crippen MR) is 84.0 cm³/mol. The van der Waals surface area contributed by atoms with Crippen LogP contribution in [0.25, 0.3) is 0 Å². The van der Waals surface area contributed by atoms with Crippen molar-refractivity contribution in [1.82, 2.24) is 0 Å². The normalized spacial score (nSPS) is 11.4. The van der Waals surface area contributed by atoms with Crippen molar-refractivity contribution in [3.63, 3.8) is 0 Å². The summed E-state index contributed by atoms with van der Waals surface area (Å²) in [6.45, 7) is 2.19. The molecule has 0 aliphatic heterocycles. The van der Waals surface area contributed by atoms with E-state index < -0.39 is 34.2 Å². The Kier molecular flexibility index (Phi) is 12.0. The van der Waals surface area contributed by atoms with Gasteiger partial charge in [0.05, 0.1) is 12.2 Å². The van der Waals surface area contributed by atoms with Gasteiger partial charge in [-0.25, -0.2) is 0 Å². The van der Waals surface area contributed by atoms with E-state index >= 15 is 0 Å². The van der Waals surface area contributed by atoms with Gasteiger partial charge in [0.2, 0.25) is 0 Å². The van der Waals surface area contributed by atoms with Gasteiger partial charge in [0.15, 0.2) is 0 Å². The molecule has 0 unspecified atom stereocenters. The molecule has 0 atom stereocenters. The molecule has 0 rings (SSSR count). The average molecular weight is 336 g/mol. The van der Waals surface area contributed by atoms with Crippen LogP contribution < -0.4 is 0 Å². The van der Waals surface area contributed by atoms with Gasteiger partial charge >= 0.3 is 11.9 Å². The van der Waals surface area contributed by atoms with E-state index in [0.717, 1.165) is 19.3 Å². The van der Waals surface area contributed by atoms with Crippen LogP contribution >= 0.6 is 0 Å². The van der Waals surface area contributed by atoms with E-state index in [2.05, 4.69) is 11.7 Å². The largest absolute Gasteiger partial charge is 0.393 e. The molecule has 0 saturated heterocycles. The second-order valence-electron chi connectivity index (χ2n) is 5.46. The van der Waals surface area contributed by atoms with Gasteiger partial charge in [0, 0.05) is 6.42 Å². The number of hydrogen-bond acceptors (Lipinski definition) is 5. The first kappa shape index (κ1) is 21.0. The van der Waals surface area contributed by atoms with Crippen molar-refractivity contribution >= 4 is 22.1 Å². The van der Waals surface area contributed by atoms with Gasteiger partial charge < -0.3 is 4.74 Å². The molecular formula is C15H28O6S. The molecule has 0 aliphatic carbocycles. The molecule has 0 spiro atoms. The van der Waals surface area contributed by atoms with Crippen LogP contribution in [0.2, 0.25) is 0 Å². The van der Waals surface area contributed by atoms with Gasteiger partial charge in [-0.2, -0.15) is 8.42 Å². The molecule has 0 heterocycles. The smallest absolute Gasteiger partial charge is 0.314 e. The molecule has 0 radical (unpaired) electrons. The summed E-state index contributed by atoms with van der Waals surface area (Å²) in [5.41, 5.74) is 0. The Balaban J connectivity index is 3.48. The van der Waals surface area contributed by atoms with Crippen molar-refractivity contribution in [3.8, 4) is 0 Å². The fourth-order valence-corrected chi connectivity index (χ4v) is 2.45. The Labute approximate surface area is 133 Å². The van der Waals surface area contributed by atoms with Crippen LogP contribution in [0, 0.1) is 0 Å². The first-order valence-corrected chi connectivity index (χ1v) is 9.64. The standard InChI is InChI=1S/C15H28O6S/c1-2-3-4-5-6-7-8-9-10-11-14(16)21-15(17)12-13-22(18,19)20/h2-13H2,1H3,(H,18,19,20). The van der Waals surface area contributed by atoms with Crippen LogP contribution in [-0.4, -0.2) is 30.7 Å². The minimum Gasteiger partial charge on any atom is -0.393 e. The van der Waals surface area contributed by atoms with E-state index in [1.54, 1.807) is 0 Å². The van der Waals surface area contributed by atoms with E-state index in [-0.39, 0.29) is 6.42 Å². The summed E-state index contributed by atoms with van der Waals surface area (Å²) in [6, 6.07) is 0. The van der Waals surface area contributed by atoms with Gasteiger partial charge in [-0.05, 0) is 6.42 Å². The molecule has 0 aromatic rings. The SMILES string of the molecule is CCCCCCCCCCCC(=O)OC(=O)CCS(=O)(=O)O. The molecular weight excluding hydrogens is 308 g/mol. The quantitative estimate of drug-likeness (QED) is 0.240. The molecule has 0 bridgehead atoms. The highest BCUT2D eigenvalue weighted by Crippen LogP contribution is 2.10. The van der Waals surface area contributed by atoms with Crippen molar-refractivity contribution in [3.05, 3.63) is 0 Å². The minimum absolute atomic E-state index is 0.160. The zero-order valence-electron chi connectivity index (χ0n) is 13.4. The van der Waals surface area contributed by atoms with E-state index in [9.17, 15) is 18.0 Å².